The van der Waals surface area contributed by atoms with E-state index in [0.29, 0.717) is 5.15 Å². The maximum Gasteiger partial charge on any atom is 0.132 e. The summed E-state index contributed by atoms with van der Waals surface area (Å²) in [5.41, 5.74) is 4.90. The van der Waals surface area contributed by atoms with E-state index in [1.165, 1.54) is 24.0 Å². The molecule has 0 radical (unpaired) electrons. The van der Waals surface area contributed by atoms with Crippen molar-refractivity contribution in [3.63, 3.8) is 0 Å². The average molecular weight is 273 g/mol. The molecule has 1 aliphatic carbocycles. The number of benzene rings is 1. The first-order valence-electron chi connectivity index (χ1n) is 6.68. The fraction of sp³-hybridized carbons (Fsp3) is 0.312. The number of aryl methyl sites for hydroxylation is 1. The number of nitrogens with zero attached hydrogens (tertiary/aromatic N) is 1. The molecular formula is C16H17ClN2. The highest BCUT2D eigenvalue weighted by molar-refractivity contribution is 6.30. The summed E-state index contributed by atoms with van der Waals surface area (Å²) in [5, 5.41) is 4.00. The van der Waals surface area contributed by atoms with Crippen LogP contribution in [0.5, 0.6) is 0 Å². The molecule has 0 aliphatic heterocycles. The Morgan fingerprint density at radius 2 is 2.11 bits per heavy atom. The quantitative estimate of drug-likeness (QED) is 0.827. The van der Waals surface area contributed by atoms with Gasteiger partial charge in [0.15, 0.2) is 0 Å². The normalized spacial score (nSPS) is 14.4. The van der Waals surface area contributed by atoms with Crippen LogP contribution in [0.3, 0.4) is 0 Å². The first kappa shape index (κ1) is 12.5. The molecule has 19 heavy (non-hydrogen) atoms. The predicted molar refractivity (Wildman–Crippen MR) is 79.7 cm³/mol. The van der Waals surface area contributed by atoms with E-state index in [-0.39, 0.29) is 0 Å². The summed E-state index contributed by atoms with van der Waals surface area (Å²) >= 11 is 5.93. The van der Waals surface area contributed by atoms with Crippen LogP contribution < -0.4 is 5.32 Å². The molecule has 1 N–H and O–H groups in total. The topological polar surface area (TPSA) is 24.9 Å². The lowest BCUT2D eigenvalue weighted by Crippen LogP contribution is -2.03. The summed E-state index contributed by atoms with van der Waals surface area (Å²) < 4.78 is 0. The van der Waals surface area contributed by atoms with Gasteiger partial charge < -0.3 is 5.32 Å². The number of aromatic nitrogens is 1. The van der Waals surface area contributed by atoms with Gasteiger partial charge in [-0.2, -0.15) is 0 Å². The summed E-state index contributed by atoms with van der Waals surface area (Å²) in [6.45, 7) is 2.81. The Morgan fingerprint density at radius 3 is 2.84 bits per heavy atom. The van der Waals surface area contributed by atoms with Gasteiger partial charge in [0.1, 0.15) is 5.15 Å². The molecule has 1 aromatic heterocycles. The first-order chi connectivity index (χ1) is 9.24. The second kappa shape index (κ2) is 5.22. The number of anilines is 1. The van der Waals surface area contributed by atoms with Crippen molar-refractivity contribution in [1.29, 1.82) is 0 Å². The lowest BCUT2D eigenvalue weighted by molar-refractivity contribution is 1.03. The molecule has 3 rings (SSSR count). The number of halogens is 1. The van der Waals surface area contributed by atoms with Crippen molar-refractivity contribution >= 4 is 17.3 Å². The minimum Gasteiger partial charge on any atom is -0.380 e. The van der Waals surface area contributed by atoms with Gasteiger partial charge in [-0.3, -0.25) is 0 Å². The van der Waals surface area contributed by atoms with Gasteiger partial charge in [-0.25, -0.2) is 4.98 Å². The molecule has 0 unspecified atom stereocenters. The van der Waals surface area contributed by atoms with Crippen LogP contribution in [0.15, 0.2) is 36.5 Å². The summed E-state index contributed by atoms with van der Waals surface area (Å²) in [7, 11) is 0. The summed E-state index contributed by atoms with van der Waals surface area (Å²) in [6.07, 6.45) is 4.45. The lowest BCUT2D eigenvalue weighted by Gasteiger charge is -2.11. The Labute approximate surface area is 118 Å². The van der Waals surface area contributed by atoms with Crippen LogP contribution in [0.2, 0.25) is 5.15 Å². The molecule has 0 bridgehead atoms. The third-order valence-electron chi connectivity index (χ3n) is 3.57. The maximum atomic E-state index is 5.93. The zero-order valence-electron chi connectivity index (χ0n) is 11.0. The molecular weight excluding hydrogens is 256 g/mol. The van der Waals surface area contributed by atoms with Crippen LogP contribution in [0.25, 0.3) is 0 Å². The number of hydrogen-bond donors (Lipinski definition) is 1. The van der Waals surface area contributed by atoms with Crippen LogP contribution in [0.1, 0.15) is 35.4 Å². The van der Waals surface area contributed by atoms with E-state index in [1.807, 2.05) is 13.0 Å². The zero-order valence-corrected chi connectivity index (χ0v) is 11.7. The molecule has 0 saturated heterocycles. The van der Waals surface area contributed by atoms with E-state index < -0.39 is 0 Å². The third-order valence-corrected chi connectivity index (χ3v) is 3.97. The lowest BCUT2D eigenvalue weighted by atomic mass is 10.0. The number of nitrogens with one attached hydrogen (secondary N) is 1. The second-order valence-corrected chi connectivity index (χ2v) is 5.52. The smallest absolute Gasteiger partial charge is 0.132 e. The highest BCUT2D eigenvalue weighted by atomic mass is 35.5. The first-order valence-corrected chi connectivity index (χ1v) is 7.05. The molecule has 0 amide bonds. The molecule has 1 heterocycles. The maximum absolute atomic E-state index is 5.93. The molecule has 1 aromatic carbocycles. The van der Waals surface area contributed by atoms with Crippen molar-refractivity contribution < 1.29 is 0 Å². The van der Waals surface area contributed by atoms with Crippen LogP contribution in [-0.2, 0) is 6.54 Å². The van der Waals surface area contributed by atoms with E-state index in [0.717, 1.165) is 23.7 Å². The van der Waals surface area contributed by atoms with Crippen molar-refractivity contribution in [1.82, 2.24) is 4.98 Å². The molecule has 1 saturated carbocycles. The summed E-state index contributed by atoms with van der Waals surface area (Å²) in [5.74, 6) is 0.781. The Morgan fingerprint density at radius 1 is 1.32 bits per heavy atom. The van der Waals surface area contributed by atoms with Gasteiger partial charge in [0.05, 0.1) is 11.9 Å². The highest BCUT2D eigenvalue weighted by Crippen LogP contribution is 2.41. The fourth-order valence-electron chi connectivity index (χ4n) is 2.34. The van der Waals surface area contributed by atoms with Gasteiger partial charge in [-0.05, 0) is 48.4 Å². The number of pyridine rings is 1. The Hall–Kier alpha value is -1.54. The van der Waals surface area contributed by atoms with Crippen LogP contribution in [0, 0.1) is 6.92 Å². The number of rotatable bonds is 4. The molecule has 98 valence electrons. The Balaban J connectivity index is 1.73. The van der Waals surface area contributed by atoms with E-state index >= 15 is 0 Å². The minimum absolute atomic E-state index is 0.573. The van der Waals surface area contributed by atoms with Crippen LogP contribution >= 0.6 is 11.6 Å². The summed E-state index contributed by atoms with van der Waals surface area (Å²) in [6, 6.07) is 10.7. The van der Waals surface area contributed by atoms with E-state index in [1.54, 1.807) is 6.20 Å². The molecule has 0 spiro atoms. The summed E-state index contributed by atoms with van der Waals surface area (Å²) in [4.78, 5) is 4.16. The Kier molecular flexibility index (Phi) is 3.43. The fourth-order valence-corrected chi connectivity index (χ4v) is 2.44. The van der Waals surface area contributed by atoms with Gasteiger partial charge in [0, 0.05) is 6.54 Å². The van der Waals surface area contributed by atoms with Gasteiger partial charge in [-0.1, -0.05) is 35.9 Å². The van der Waals surface area contributed by atoms with Crippen LogP contribution in [-0.4, -0.2) is 4.98 Å². The molecule has 1 aliphatic rings. The SMILES string of the molecule is Cc1cc(NCc2ccccc2C2CC2)cnc1Cl. The molecule has 2 nitrogen and oxygen atoms in total. The Bertz CT molecular complexity index is 591. The average Bonchev–Trinajstić information content (AvgIpc) is 3.25. The van der Waals surface area contributed by atoms with Crippen molar-refractivity contribution in [2.45, 2.75) is 32.2 Å². The minimum atomic E-state index is 0.573. The van der Waals surface area contributed by atoms with Crippen molar-refractivity contribution in [2.24, 2.45) is 0 Å². The molecule has 1 fully saturated rings. The molecule has 3 heteroatoms. The van der Waals surface area contributed by atoms with E-state index in [2.05, 4.69) is 34.6 Å². The monoisotopic (exact) mass is 272 g/mol. The van der Waals surface area contributed by atoms with Gasteiger partial charge in [0.25, 0.3) is 0 Å². The second-order valence-electron chi connectivity index (χ2n) is 5.16. The predicted octanol–water partition coefficient (Wildman–Crippen LogP) is 4.53. The molecule has 2 aromatic rings. The van der Waals surface area contributed by atoms with Gasteiger partial charge >= 0.3 is 0 Å². The van der Waals surface area contributed by atoms with Crippen molar-refractivity contribution in [3.8, 4) is 0 Å². The zero-order chi connectivity index (χ0) is 13.2. The largest absolute Gasteiger partial charge is 0.380 e. The van der Waals surface area contributed by atoms with E-state index in [4.69, 9.17) is 11.6 Å². The highest BCUT2D eigenvalue weighted by Gasteiger charge is 2.25. The van der Waals surface area contributed by atoms with E-state index in [9.17, 15) is 0 Å². The molecule has 0 atom stereocenters. The van der Waals surface area contributed by atoms with Crippen LogP contribution in [0.4, 0.5) is 5.69 Å². The van der Waals surface area contributed by atoms with Crippen molar-refractivity contribution in [3.05, 3.63) is 58.4 Å². The van der Waals surface area contributed by atoms with Gasteiger partial charge in [-0.15, -0.1) is 0 Å². The number of hydrogen-bond acceptors (Lipinski definition) is 2. The van der Waals surface area contributed by atoms with Crippen molar-refractivity contribution in [2.75, 3.05) is 5.32 Å². The van der Waals surface area contributed by atoms with Gasteiger partial charge in [0.2, 0.25) is 0 Å². The standard InChI is InChI=1S/C16H17ClN2/c1-11-8-14(10-19-16(11)17)18-9-13-4-2-3-5-15(13)12-6-7-12/h2-5,8,10,12,18H,6-7,9H2,1H3. The third kappa shape index (κ3) is 2.90.